The van der Waals surface area contributed by atoms with E-state index in [4.69, 9.17) is 0 Å². The van der Waals surface area contributed by atoms with E-state index in [1.54, 1.807) is 42.6 Å². The fourth-order valence-electron chi connectivity index (χ4n) is 1.50. The summed E-state index contributed by atoms with van der Waals surface area (Å²) in [5.41, 5.74) is 1.68. The highest BCUT2D eigenvalue weighted by atomic mass is 127. The van der Waals surface area contributed by atoms with E-state index < -0.39 is 9.84 Å². The number of nitrogens with zero attached hydrogens (tertiary/aromatic N) is 1. The number of sulfone groups is 1. The molecule has 3 nitrogen and oxygen atoms in total. The second-order valence-corrected chi connectivity index (χ2v) is 7.00. The summed E-state index contributed by atoms with van der Waals surface area (Å²) in [5.74, 6) is 0. The predicted octanol–water partition coefficient (Wildman–Crippen LogP) is 3.60. The van der Waals surface area contributed by atoms with Crippen molar-refractivity contribution >= 4 is 36.0 Å². The Balaban J connectivity index is 2.39. The van der Waals surface area contributed by atoms with E-state index in [-0.39, 0.29) is 0 Å². The van der Waals surface area contributed by atoms with Crippen LogP contribution in [0.5, 0.6) is 0 Å². The highest BCUT2D eigenvalue weighted by Gasteiger charge is 2.12. The van der Waals surface area contributed by atoms with Crippen LogP contribution in [0.15, 0.2) is 59.0 Å². The summed E-state index contributed by atoms with van der Waals surface area (Å²) in [5, 5.41) is 1.25. The van der Waals surface area contributed by atoms with Crippen LogP contribution in [0.2, 0.25) is 0 Å². The van der Waals surface area contributed by atoms with Crippen molar-refractivity contribution in [2.75, 3.05) is 0 Å². The summed E-state index contributed by atoms with van der Waals surface area (Å²) < 4.78 is 25.0. The van der Waals surface area contributed by atoms with Crippen molar-refractivity contribution in [2.45, 2.75) is 11.8 Å². The molecule has 0 spiro atoms. The predicted molar refractivity (Wildman–Crippen MR) is 84.6 cm³/mol. The van der Waals surface area contributed by atoms with Gasteiger partial charge in [0.15, 0.2) is 0 Å². The average Bonchev–Trinajstić information content (AvgIpc) is 2.40. The van der Waals surface area contributed by atoms with Gasteiger partial charge in [0, 0.05) is 6.20 Å². The van der Waals surface area contributed by atoms with E-state index in [0.717, 1.165) is 5.56 Å². The smallest absolute Gasteiger partial charge is 0.200 e. The molecule has 98 valence electrons. The molecule has 5 heteroatoms. The van der Waals surface area contributed by atoms with Gasteiger partial charge in [-0.3, -0.25) is 4.98 Å². The summed E-state index contributed by atoms with van der Waals surface area (Å²) in [4.78, 5) is 4.43. The Morgan fingerprint density at radius 1 is 1.16 bits per heavy atom. The molecule has 1 aromatic heterocycles. The van der Waals surface area contributed by atoms with Crippen LogP contribution < -0.4 is 0 Å². The van der Waals surface area contributed by atoms with Crippen LogP contribution in [-0.4, -0.2) is 13.4 Å². The first-order chi connectivity index (χ1) is 8.99. The molecule has 0 amide bonds. The van der Waals surface area contributed by atoms with Gasteiger partial charge in [-0.2, -0.15) is 0 Å². The first-order valence-corrected chi connectivity index (χ1v) is 8.22. The quantitative estimate of drug-likeness (QED) is 0.759. The molecule has 0 aliphatic heterocycles. The molecular weight excluding hydrogens is 373 g/mol. The monoisotopic (exact) mass is 385 g/mol. The molecule has 1 heterocycles. The second kappa shape index (κ2) is 5.83. The molecular formula is C14H12INO2S. The van der Waals surface area contributed by atoms with Gasteiger partial charge in [-0.25, -0.2) is 8.42 Å². The van der Waals surface area contributed by atoms with Crippen LogP contribution in [0, 0.1) is 6.92 Å². The van der Waals surface area contributed by atoms with Gasteiger partial charge in [0.1, 0.15) is 0 Å². The van der Waals surface area contributed by atoms with Gasteiger partial charge in [0.05, 0.1) is 19.6 Å². The van der Waals surface area contributed by atoms with Crippen molar-refractivity contribution in [3.05, 3.63) is 65.3 Å². The highest BCUT2D eigenvalue weighted by molar-refractivity contribution is 14.1. The Labute approximate surface area is 126 Å². The van der Waals surface area contributed by atoms with Crippen LogP contribution in [0.3, 0.4) is 0 Å². The third-order valence-corrected chi connectivity index (χ3v) is 5.28. The van der Waals surface area contributed by atoms with E-state index in [0.29, 0.717) is 14.2 Å². The van der Waals surface area contributed by atoms with Gasteiger partial charge >= 0.3 is 0 Å². The van der Waals surface area contributed by atoms with Crippen LogP contribution >= 0.6 is 22.6 Å². The Morgan fingerprint density at radius 2 is 1.84 bits per heavy atom. The Bertz CT molecular complexity index is 692. The molecule has 2 aromatic rings. The molecule has 0 N–H and O–H groups in total. The fraction of sp³-hybridized carbons (Fsp3) is 0.0714. The Kier molecular flexibility index (Phi) is 4.36. The van der Waals surface area contributed by atoms with Gasteiger partial charge in [-0.05, 0) is 53.8 Å². The zero-order valence-corrected chi connectivity index (χ0v) is 13.2. The minimum Gasteiger partial charge on any atom is -0.256 e. The van der Waals surface area contributed by atoms with Crippen LogP contribution in [0.1, 0.15) is 11.3 Å². The third kappa shape index (κ3) is 3.63. The van der Waals surface area contributed by atoms with E-state index in [1.165, 1.54) is 5.41 Å². The van der Waals surface area contributed by atoms with Gasteiger partial charge in [0.2, 0.25) is 9.84 Å². The van der Waals surface area contributed by atoms with Gasteiger partial charge in [-0.1, -0.05) is 23.8 Å². The maximum Gasteiger partial charge on any atom is 0.200 e. The standard InChI is InChI=1S/C14H12INO2S/c1-11-5-7-12(8-6-11)19(17,18)10-13(15)14-4-2-3-9-16-14/h2-10H,1H3/b13-10+. The first-order valence-electron chi connectivity index (χ1n) is 5.59. The molecule has 0 bridgehead atoms. The molecule has 19 heavy (non-hydrogen) atoms. The maximum atomic E-state index is 12.2. The lowest BCUT2D eigenvalue weighted by molar-refractivity contribution is 0.605. The molecule has 1 aromatic carbocycles. The molecule has 2 rings (SSSR count). The molecule has 0 saturated heterocycles. The first kappa shape index (κ1) is 14.2. The largest absolute Gasteiger partial charge is 0.256 e. The molecule has 0 fully saturated rings. The number of rotatable bonds is 3. The van der Waals surface area contributed by atoms with Crippen molar-refractivity contribution in [3.63, 3.8) is 0 Å². The topological polar surface area (TPSA) is 47.0 Å². The Hall–Kier alpha value is -1.21. The van der Waals surface area contributed by atoms with Gasteiger partial charge in [0.25, 0.3) is 0 Å². The lowest BCUT2D eigenvalue weighted by Crippen LogP contribution is -1.97. The summed E-state index contributed by atoms with van der Waals surface area (Å²) in [6, 6.07) is 12.2. The molecule has 0 saturated carbocycles. The molecule has 0 unspecified atom stereocenters. The number of pyridine rings is 1. The lowest BCUT2D eigenvalue weighted by atomic mass is 10.2. The number of halogens is 1. The lowest BCUT2D eigenvalue weighted by Gasteiger charge is -2.02. The molecule has 0 radical (unpaired) electrons. The zero-order chi connectivity index (χ0) is 13.9. The van der Waals surface area contributed by atoms with Crippen molar-refractivity contribution in [1.29, 1.82) is 0 Å². The number of aromatic nitrogens is 1. The van der Waals surface area contributed by atoms with Crippen molar-refractivity contribution in [2.24, 2.45) is 0 Å². The van der Waals surface area contributed by atoms with Crippen molar-refractivity contribution in [1.82, 2.24) is 4.98 Å². The molecule has 0 atom stereocenters. The van der Waals surface area contributed by atoms with Crippen LogP contribution in [0.25, 0.3) is 3.58 Å². The van der Waals surface area contributed by atoms with Gasteiger partial charge in [-0.15, -0.1) is 0 Å². The summed E-state index contributed by atoms with van der Waals surface area (Å²) in [6.07, 6.45) is 1.64. The normalized spacial score (nSPS) is 12.4. The molecule has 0 aliphatic rings. The number of benzene rings is 1. The second-order valence-electron chi connectivity index (χ2n) is 4.04. The minimum absolute atomic E-state index is 0.295. The summed E-state index contributed by atoms with van der Waals surface area (Å²) in [7, 11) is -3.43. The number of aryl methyl sites for hydroxylation is 1. The van der Waals surface area contributed by atoms with E-state index in [2.05, 4.69) is 4.98 Å². The fourth-order valence-corrected chi connectivity index (χ4v) is 3.86. The van der Waals surface area contributed by atoms with Crippen LogP contribution in [-0.2, 0) is 9.84 Å². The van der Waals surface area contributed by atoms with Crippen molar-refractivity contribution in [3.8, 4) is 0 Å². The Morgan fingerprint density at radius 3 is 2.42 bits per heavy atom. The maximum absolute atomic E-state index is 12.2. The molecule has 0 aliphatic carbocycles. The van der Waals surface area contributed by atoms with Crippen LogP contribution in [0.4, 0.5) is 0 Å². The third-order valence-electron chi connectivity index (χ3n) is 2.52. The van der Waals surface area contributed by atoms with E-state index in [1.807, 2.05) is 35.6 Å². The van der Waals surface area contributed by atoms with E-state index >= 15 is 0 Å². The average molecular weight is 385 g/mol. The number of hydrogen-bond acceptors (Lipinski definition) is 3. The van der Waals surface area contributed by atoms with Gasteiger partial charge < -0.3 is 0 Å². The minimum atomic E-state index is -3.43. The summed E-state index contributed by atoms with van der Waals surface area (Å²) >= 11 is 1.99. The SMILES string of the molecule is Cc1ccc(S(=O)(=O)/C=C(/I)c2ccccn2)cc1. The highest BCUT2D eigenvalue weighted by Crippen LogP contribution is 2.24. The van der Waals surface area contributed by atoms with E-state index in [9.17, 15) is 8.42 Å². The number of hydrogen-bond donors (Lipinski definition) is 0. The summed E-state index contributed by atoms with van der Waals surface area (Å²) in [6.45, 7) is 1.92. The zero-order valence-electron chi connectivity index (χ0n) is 10.2. The van der Waals surface area contributed by atoms with Crippen molar-refractivity contribution < 1.29 is 8.42 Å².